The van der Waals surface area contributed by atoms with E-state index in [2.05, 4.69) is 6.07 Å². The summed E-state index contributed by atoms with van der Waals surface area (Å²) >= 11 is 0. The number of sulfone groups is 1. The standard InChI is InChI=1S/C11H13NO2S/c1-11(2,8-12)9-6-4-5-7-10(9)15(3,13)14/h4-7H,1-3H3. The van der Waals surface area contributed by atoms with Crippen molar-refractivity contribution in [2.24, 2.45) is 0 Å². The molecule has 0 aromatic heterocycles. The minimum absolute atomic E-state index is 0.233. The van der Waals surface area contributed by atoms with E-state index in [0.717, 1.165) is 6.26 Å². The molecule has 0 saturated heterocycles. The molecule has 0 aliphatic carbocycles. The van der Waals surface area contributed by atoms with E-state index in [4.69, 9.17) is 5.26 Å². The molecule has 0 saturated carbocycles. The Morgan fingerprint density at radius 3 is 2.27 bits per heavy atom. The van der Waals surface area contributed by atoms with Crippen molar-refractivity contribution in [2.45, 2.75) is 24.2 Å². The van der Waals surface area contributed by atoms with Gasteiger partial charge in [0.2, 0.25) is 0 Å². The van der Waals surface area contributed by atoms with Gasteiger partial charge in [-0.15, -0.1) is 0 Å². The second kappa shape index (κ2) is 3.67. The van der Waals surface area contributed by atoms with E-state index < -0.39 is 15.3 Å². The molecule has 1 rings (SSSR count). The normalized spacial score (nSPS) is 12.1. The van der Waals surface area contributed by atoms with E-state index in [9.17, 15) is 8.42 Å². The maximum Gasteiger partial charge on any atom is 0.175 e. The second-order valence-electron chi connectivity index (χ2n) is 4.01. The van der Waals surface area contributed by atoms with E-state index >= 15 is 0 Å². The number of nitrogens with zero attached hydrogens (tertiary/aromatic N) is 1. The molecule has 15 heavy (non-hydrogen) atoms. The first kappa shape index (κ1) is 11.7. The van der Waals surface area contributed by atoms with Gasteiger partial charge in [0.25, 0.3) is 0 Å². The number of rotatable bonds is 2. The van der Waals surface area contributed by atoms with Crippen LogP contribution in [0.25, 0.3) is 0 Å². The van der Waals surface area contributed by atoms with Gasteiger partial charge in [0.1, 0.15) is 0 Å². The Morgan fingerprint density at radius 2 is 1.80 bits per heavy atom. The summed E-state index contributed by atoms with van der Waals surface area (Å²) < 4.78 is 23.0. The maximum atomic E-state index is 11.5. The molecule has 0 aliphatic rings. The molecular formula is C11H13NO2S. The Bertz CT molecular complexity index is 510. The molecule has 0 amide bonds. The fourth-order valence-electron chi connectivity index (χ4n) is 1.37. The minimum Gasteiger partial charge on any atom is -0.224 e. The Morgan fingerprint density at radius 1 is 1.27 bits per heavy atom. The first-order valence-electron chi connectivity index (χ1n) is 4.50. The van der Waals surface area contributed by atoms with Crippen LogP contribution >= 0.6 is 0 Å². The third kappa shape index (κ3) is 2.37. The maximum absolute atomic E-state index is 11.5. The van der Waals surface area contributed by atoms with Gasteiger partial charge in [-0.05, 0) is 25.5 Å². The van der Waals surface area contributed by atoms with Crippen LogP contribution in [0.2, 0.25) is 0 Å². The quantitative estimate of drug-likeness (QED) is 0.769. The van der Waals surface area contributed by atoms with Crippen LogP contribution in [0.15, 0.2) is 29.2 Å². The lowest BCUT2D eigenvalue weighted by Gasteiger charge is -2.18. The molecule has 80 valence electrons. The number of hydrogen-bond acceptors (Lipinski definition) is 3. The Hall–Kier alpha value is -1.34. The molecule has 4 heteroatoms. The Labute approximate surface area is 90.3 Å². The van der Waals surface area contributed by atoms with E-state index in [0.29, 0.717) is 5.56 Å². The van der Waals surface area contributed by atoms with Gasteiger partial charge in [0, 0.05) is 6.26 Å². The molecule has 0 fully saturated rings. The largest absolute Gasteiger partial charge is 0.224 e. The van der Waals surface area contributed by atoms with Gasteiger partial charge in [-0.2, -0.15) is 5.26 Å². The number of benzene rings is 1. The van der Waals surface area contributed by atoms with Crippen molar-refractivity contribution in [3.8, 4) is 6.07 Å². The average molecular weight is 223 g/mol. The van der Waals surface area contributed by atoms with E-state index in [1.165, 1.54) is 6.07 Å². The molecule has 3 nitrogen and oxygen atoms in total. The van der Waals surface area contributed by atoms with Crippen LogP contribution in [-0.4, -0.2) is 14.7 Å². The van der Waals surface area contributed by atoms with Gasteiger partial charge < -0.3 is 0 Å². The van der Waals surface area contributed by atoms with Crippen molar-refractivity contribution in [3.63, 3.8) is 0 Å². The van der Waals surface area contributed by atoms with Crippen LogP contribution in [0.3, 0.4) is 0 Å². The third-order valence-corrected chi connectivity index (χ3v) is 3.39. The summed E-state index contributed by atoms with van der Waals surface area (Å²) in [6.45, 7) is 3.41. The topological polar surface area (TPSA) is 57.9 Å². The van der Waals surface area contributed by atoms with E-state index in [1.54, 1.807) is 32.0 Å². The van der Waals surface area contributed by atoms with Gasteiger partial charge in [-0.25, -0.2) is 8.42 Å². The molecule has 0 N–H and O–H groups in total. The molecule has 0 atom stereocenters. The Balaban J connectivity index is 3.53. The first-order chi connectivity index (χ1) is 6.79. The van der Waals surface area contributed by atoms with Crippen LogP contribution in [-0.2, 0) is 15.3 Å². The summed E-state index contributed by atoms with van der Waals surface area (Å²) in [5.41, 5.74) is -0.241. The van der Waals surface area contributed by atoms with Crippen molar-refractivity contribution in [1.29, 1.82) is 5.26 Å². The summed E-state index contributed by atoms with van der Waals surface area (Å²) in [7, 11) is -3.28. The van der Waals surface area contributed by atoms with Gasteiger partial charge in [0.05, 0.1) is 16.4 Å². The smallest absolute Gasteiger partial charge is 0.175 e. The Kier molecular flexibility index (Phi) is 2.87. The zero-order valence-electron chi connectivity index (χ0n) is 8.98. The van der Waals surface area contributed by atoms with Crippen molar-refractivity contribution in [1.82, 2.24) is 0 Å². The molecule has 1 aromatic carbocycles. The van der Waals surface area contributed by atoms with Crippen LogP contribution in [0.5, 0.6) is 0 Å². The molecule has 0 spiro atoms. The van der Waals surface area contributed by atoms with Crippen LogP contribution in [0, 0.1) is 11.3 Å². The van der Waals surface area contributed by atoms with Crippen molar-refractivity contribution >= 4 is 9.84 Å². The summed E-state index contributed by atoms with van der Waals surface area (Å²) in [5.74, 6) is 0. The first-order valence-corrected chi connectivity index (χ1v) is 6.39. The monoisotopic (exact) mass is 223 g/mol. The molecular weight excluding hydrogens is 210 g/mol. The second-order valence-corrected chi connectivity index (χ2v) is 5.99. The number of hydrogen-bond donors (Lipinski definition) is 0. The lowest BCUT2D eigenvalue weighted by Crippen LogP contribution is -2.18. The zero-order chi connectivity index (χ0) is 11.7. The van der Waals surface area contributed by atoms with Gasteiger partial charge in [0.15, 0.2) is 9.84 Å². The fraction of sp³-hybridized carbons (Fsp3) is 0.364. The highest BCUT2D eigenvalue weighted by atomic mass is 32.2. The SMILES string of the molecule is CC(C)(C#N)c1ccccc1S(C)(=O)=O. The van der Waals surface area contributed by atoms with Crippen molar-refractivity contribution in [3.05, 3.63) is 29.8 Å². The van der Waals surface area contributed by atoms with Crippen molar-refractivity contribution < 1.29 is 8.42 Å². The lowest BCUT2D eigenvalue weighted by molar-refractivity contribution is 0.594. The molecule has 0 aliphatic heterocycles. The van der Waals surface area contributed by atoms with Crippen molar-refractivity contribution in [2.75, 3.05) is 6.26 Å². The third-order valence-electron chi connectivity index (χ3n) is 2.24. The predicted octanol–water partition coefficient (Wildman–Crippen LogP) is 1.89. The van der Waals surface area contributed by atoms with Crippen LogP contribution in [0.4, 0.5) is 0 Å². The summed E-state index contributed by atoms with van der Waals surface area (Å²) in [4.78, 5) is 0.233. The van der Waals surface area contributed by atoms with Gasteiger partial charge >= 0.3 is 0 Å². The minimum atomic E-state index is -3.28. The van der Waals surface area contributed by atoms with Gasteiger partial charge in [-0.1, -0.05) is 18.2 Å². The average Bonchev–Trinajstić information content (AvgIpc) is 2.16. The summed E-state index contributed by atoms with van der Waals surface area (Å²) in [6, 6.07) is 8.72. The highest BCUT2D eigenvalue weighted by Gasteiger charge is 2.26. The predicted molar refractivity (Wildman–Crippen MR) is 58.2 cm³/mol. The molecule has 1 aromatic rings. The molecule has 0 radical (unpaired) electrons. The van der Waals surface area contributed by atoms with E-state index in [1.807, 2.05) is 0 Å². The lowest BCUT2D eigenvalue weighted by atomic mass is 9.86. The summed E-state index contributed by atoms with van der Waals surface area (Å²) in [6.07, 6.45) is 1.15. The number of nitriles is 1. The zero-order valence-corrected chi connectivity index (χ0v) is 9.80. The van der Waals surface area contributed by atoms with Crippen LogP contribution < -0.4 is 0 Å². The summed E-state index contributed by atoms with van der Waals surface area (Å²) in [5, 5.41) is 8.99. The van der Waals surface area contributed by atoms with Crippen LogP contribution in [0.1, 0.15) is 19.4 Å². The highest BCUT2D eigenvalue weighted by Crippen LogP contribution is 2.28. The molecule has 0 unspecified atom stereocenters. The van der Waals surface area contributed by atoms with Gasteiger partial charge in [-0.3, -0.25) is 0 Å². The highest BCUT2D eigenvalue weighted by molar-refractivity contribution is 7.90. The molecule has 0 heterocycles. The molecule has 0 bridgehead atoms. The van der Waals surface area contributed by atoms with E-state index in [-0.39, 0.29) is 4.90 Å². The fourth-order valence-corrected chi connectivity index (χ4v) is 2.41.